The number of carbonyl (C=O) groups excluding carboxylic acids is 2. The molecule has 2 aromatic carbocycles. The van der Waals surface area contributed by atoms with E-state index in [0.717, 1.165) is 40.8 Å². The normalized spacial score (nSPS) is 17.8. The third-order valence-corrected chi connectivity index (χ3v) is 9.87. The molecule has 0 radical (unpaired) electrons. The van der Waals surface area contributed by atoms with Gasteiger partial charge in [0.1, 0.15) is 11.6 Å². The largest absolute Gasteiger partial charge is 0.497 e. The molecule has 5 heterocycles. The van der Waals surface area contributed by atoms with Crippen LogP contribution in [0.3, 0.4) is 0 Å². The number of rotatable bonds is 8. The number of aryl methyl sites for hydroxylation is 2. The molecule has 230 valence electrons. The number of nitrogens with one attached hydrogen (secondary N) is 1. The molecule has 2 amide bonds. The highest BCUT2D eigenvalue weighted by Crippen LogP contribution is 2.48. The molecule has 45 heavy (non-hydrogen) atoms. The molecule has 7 rings (SSSR count). The smallest absolute Gasteiger partial charge is 0.232 e. The molecule has 3 aromatic heterocycles. The van der Waals surface area contributed by atoms with Crippen LogP contribution in [-0.4, -0.2) is 63.2 Å². The fraction of sp³-hybridized carbons (Fsp3) is 0.333. The second-order valence-electron chi connectivity index (χ2n) is 12.4. The lowest BCUT2D eigenvalue weighted by Gasteiger charge is -2.42. The van der Waals surface area contributed by atoms with Crippen LogP contribution in [0.4, 0.5) is 5.82 Å². The Bertz CT molecular complexity index is 1820. The molecule has 2 fully saturated rings. The van der Waals surface area contributed by atoms with Gasteiger partial charge in [0.15, 0.2) is 0 Å². The molecule has 2 aliphatic heterocycles. The number of H-pyrrole nitrogens is 1. The molecule has 1 atom stereocenters. The van der Waals surface area contributed by atoms with Crippen molar-refractivity contribution >= 4 is 28.5 Å². The van der Waals surface area contributed by atoms with Crippen molar-refractivity contribution in [2.24, 2.45) is 11.3 Å². The molecule has 5 aromatic rings. The highest BCUT2D eigenvalue weighted by atomic mass is 16.5. The first kappa shape index (κ1) is 28.8. The minimum atomic E-state index is -0.254. The Labute approximate surface area is 262 Å². The number of pyridine rings is 1. The summed E-state index contributed by atoms with van der Waals surface area (Å²) in [5, 5.41) is 8.10. The maximum Gasteiger partial charge on any atom is 0.232 e. The molecular weight excluding hydrogens is 564 g/mol. The summed E-state index contributed by atoms with van der Waals surface area (Å²) in [6, 6.07) is 20.2. The average Bonchev–Trinajstić information content (AvgIpc) is 3.79. The van der Waals surface area contributed by atoms with Gasteiger partial charge >= 0.3 is 0 Å². The zero-order valence-electron chi connectivity index (χ0n) is 25.8. The van der Waals surface area contributed by atoms with Crippen LogP contribution in [0.15, 0.2) is 85.5 Å². The number of methoxy groups -OCH3 is 1. The van der Waals surface area contributed by atoms with Crippen molar-refractivity contribution in [1.29, 1.82) is 0 Å². The third kappa shape index (κ3) is 5.47. The van der Waals surface area contributed by atoms with Crippen molar-refractivity contribution in [2.45, 2.75) is 39.2 Å². The van der Waals surface area contributed by atoms with E-state index < -0.39 is 0 Å². The van der Waals surface area contributed by atoms with Gasteiger partial charge in [0.25, 0.3) is 0 Å². The van der Waals surface area contributed by atoms with E-state index in [1.165, 1.54) is 10.9 Å². The first-order chi connectivity index (χ1) is 21.9. The summed E-state index contributed by atoms with van der Waals surface area (Å²) in [7, 11) is 1.66. The van der Waals surface area contributed by atoms with Crippen LogP contribution in [0, 0.1) is 18.3 Å². The van der Waals surface area contributed by atoms with Crippen LogP contribution >= 0.6 is 0 Å². The number of ether oxygens (including phenoxy) is 1. The van der Waals surface area contributed by atoms with Gasteiger partial charge in [-0.05, 0) is 67.6 Å². The van der Waals surface area contributed by atoms with Gasteiger partial charge in [-0.1, -0.05) is 30.3 Å². The lowest BCUT2D eigenvalue weighted by Crippen LogP contribution is -2.47. The Morgan fingerprint density at radius 3 is 2.64 bits per heavy atom. The Kier molecular flexibility index (Phi) is 7.61. The van der Waals surface area contributed by atoms with Crippen LogP contribution in [0.2, 0.25) is 0 Å². The molecule has 1 spiro atoms. The summed E-state index contributed by atoms with van der Waals surface area (Å²) in [6.45, 7) is 4.65. The van der Waals surface area contributed by atoms with Crippen molar-refractivity contribution in [3.8, 4) is 16.9 Å². The Balaban J connectivity index is 1.09. The standard InChI is InChI=1S/C36H38N6O3/c1-25-23-41(32-9-4-3-8-30(25)32)15-12-34(43)40-16-13-36(14-17-40)24-42(33-11-10-27(20-37-33)28-21-38-39-22-28)35(44)31(36)19-26-6-5-7-29(18-26)45-2/h3-11,18,20-23,31H,12-17,19,24H2,1-2H3,(H,38,39). The van der Waals surface area contributed by atoms with Crippen molar-refractivity contribution in [3.05, 3.63) is 96.6 Å². The summed E-state index contributed by atoms with van der Waals surface area (Å²) < 4.78 is 7.67. The molecule has 9 heteroatoms. The van der Waals surface area contributed by atoms with E-state index in [-0.39, 0.29) is 23.1 Å². The minimum Gasteiger partial charge on any atom is -0.497 e. The summed E-state index contributed by atoms with van der Waals surface area (Å²) >= 11 is 0. The zero-order valence-corrected chi connectivity index (χ0v) is 25.8. The van der Waals surface area contributed by atoms with E-state index in [9.17, 15) is 9.59 Å². The van der Waals surface area contributed by atoms with E-state index in [1.54, 1.807) is 19.5 Å². The number of likely N-dealkylation sites (tertiary alicyclic amines) is 1. The van der Waals surface area contributed by atoms with Gasteiger partial charge < -0.3 is 14.2 Å². The molecule has 1 N–H and O–H groups in total. The molecule has 0 bridgehead atoms. The van der Waals surface area contributed by atoms with E-state index in [2.05, 4.69) is 52.2 Å². The van der Waals surface area contributed by atoms with Crippen LogP contribution in [-0.2, 0) is 22.6 Å². The number of benzene rings is 2. The number of nitrogens with zero attached hydrogens (tertiary/aromatic N) is 5. The number of hydrogen-bond donors (Lipinski definition) is 1. The number of aromatic nitrogens is 4. The zero-order chi connectivity index (χ0) is 31.0. The quantitative estimate of drug-likeness (QED) is 0.248. The van der Waals surface area contributed by atoms with Gasteiger partial charge in [-0.3, -0.25) is 19.6 Å². The highest BCUT2D eigenvalue weighted by molar-refractivity contribution is 5.98. The maximum atomic E-state index is 14.2. The van der Waals surface area contributed by atoms with Crippen LogP contribution in [0.1, 0.15) is 30.4 Å². The molecule has 0 aliphatic carbocycles. The number of piperidine rings is 1. The van der Waals surface area contributed by atoms with Crippen LogP contribution in [0.25, 0.3) is 22.0 Å². The average molecular weight is 603 g/mol. The van der Waals surface area contributed by atoms with Gasteiger partial charge in [-0.25, -0.2) is 4.98 Å². The summed E-state index contributed by atoms with van der Waals surface area (Å²) in [6.07, 6.45) is 10.1. The number of aromatic amines is 1. The van der Waals surface area contributed by atoms with Gasteiger partial charge in [-0.2, -0.15) is 5.10 Å². The van der Waals surface area contributed by atoms with E-state index in [1.807, 2.05) is 52.4 Å². The monoisotopic (exact) mass is 602 g/mol. The minimum absolute atomic E-state index is 0.0935. The lowest BCUT2D eigenvalue weighted by molar-refractivity contribution is -0.134. The number of amides is 2. The van der Waals surface area contributed by atoms with Crippen molar-refractivity contribution in [2.75, 3.05) is 31.6 Å². The molecule has 2 saturated heterocycles. The first-order valence-corrected chi connectivity index (χ1v) is 15.7. The number of para-hydroxylation sites is 1. The van der Waals surface area contributed by atoms with E-state index in [0.29, 0.717) is 44.8 Å². The second-order valence-corrected chi connectivity index (χ2v) is 12.4. The van der Waals surface area contributed by atoms with Gasteiger partial charge in [0.2, 0.25) is 11.8 Å². The van der Waals surface area contributed by atoms with Crippen molar-refractivity contribution in [3.63, 3.8) is 0 Å². The first-order valence-electron chi connectivity index (χ1n) is 15.7. The molecule has 9 nitrogen and oxygen atoms in total. The SMILES string of the molecule is COc1cccc(CC2C(=O)N(c3ccc(-c4cn[nH]c4)cn3)CC23CCN(C(=O)CCn2cc(C)c4ccccc42)CC3)c1. The Morgan fingerprint density at radius 1 is 1.04 bits per heavy atom. The Morgan fingerprint density at radius 2 is 1.89 bits per heavy atom. The van der Waals surface area contributed by atoms with Crippen LogP contribution < -0.4 is 9.64 Å². The molecule has 0 saturated carbocycles. The number of fused-ring (bicyclic) bond motifs is 1. The second kappa shape index (κ2) is 11.9. The van der Waals surface area contributed by atoms with Crippen molar-refractivity contribution in [1.82, 2.24) is 24.6 Å². The highest BCUT2D eigenvalue weighted by Gasteiger charge is 2.53. The number of hydrogen-bond acceptors (Lipinski definition) is 5. The van der Waals surface area contributed by atoms with E-state index >= 15 is 0 Å². The predicted molar refractivity (Wildman–Crippen MR) is 174 cm³/mol. The van der Waals surface area contributed by atoms with Gasteiger partial charge in [0.05, 0.1) is 19.2 Å². The number of carbonyl (C=O) groups is 2. The van der Waals surface area contributed by atoms with E-state index in [4.69, 9.17) is 9.72 Å². The third-order valence-electron chi connectivity index (χ3n) is 9.87. The lowest BCUT2D eigenvalue weighted by atomic mass is 9.68. The molecule has 1 unspecified atom stereocenters. The molecular formula is C36H38N6O3. The maximum absolute atomic E-state index is 14.2. The summed E-state index contributed by atoms with van der Waals surface area (Å²) in [5.74, 6) is 1.49. The topological polar surface area (TPSA) is 96.3 Å². The van der Waals surface area contributed by atoms with Crippen LogP contribution in [0.5, 0.6) is 5.75 Å². The summed E-state index contributed by atoms with van der Waals surface area (Å²) in [4.78, 5) is 36.2. The fourth-order valence-corrected chi connectivity index (χ4v) is 7.31. The number of anilines is 1. The predicted octanol–water partition coefficient (Wildman–Crippen LogP) is 5.65. The van der Waals surface area contributed by atoms with Gasteiger partial charge in [0, 0.05) is 78.6 Å². The fourth-order valence-electron chi connectivity index (χ4n) is 7.31. The summed E-state index contributed by atoms with van der Waals surface area (Å²) in [5.41, 5.74) is 5.10. The van der Waals surface area contributed by atoms with Gasteiger partial charge in [-0.15, -0.1) is 0 Å². The van der Waals surface area contributed by atoms with Crippen molar-refractivity contribution < 1.29 is 14.3 Å². The molecule has 2 aliphatic rings. The Hall–Kier alpha value is -4.92.